The lowest BCUT2D eigenvalue weighted by molar-refractivity contribution is 0.183. The number of anilines is 2. The number of imidazole rings is 1. The van der Waals surface area contributed by atoms with E-state index in [-0.39, 0.29) is 11.5 Å². The van der Waals surface area contributed by atoms with Crippen LogP contribution in [0.2, 0.25) is 0 Å². The van der Waals surface area contributed by atoms with Gasteiger partial charge in [0.05, 0.1) is 37.1 Å². The standard InChI is InChI=1S/C26H27N9O2/c1-26(2,3)21-10-22(33-35(21)15-6-7-36-14-15)31-25-32-24-20(34(25)5)9-17(12-29-24)37-16-8-18-19(27-4)13-30-23(18)28-11-16/h8-13,15H,6-7,14H2,1-3,5H3,(H,28,30)(H,29,31,32,33). The molecule has 2 N–H and O–H groups in total. The smallest absolute Gasteiger partial charge is 0.213 e. The Labute approximate surface area is 213 Å². The summed E-state index contributed by atoms with van der Waals surface area (Å²) in [6.07, 6.45) is 5.84. The van der Waals surface area contributed by atoms with E-state index in [0.29, 0.717) is 46.4 Å². The van der Waals surface area contributed by atoms with Crippen molar-refractivity contribution in [3.8, 4) is 11.5 Å². The number of pyridine rings is 2. The molecule has 1 aliphatic rings. The Hall–Kier alpha value is -4.43. The average molecular weight is 498 g/mol. The lowest BCUT2D eigenvalue weighted by Crippen LogP contribution is -2.22. The van der Waals surface area contributed by atoms with E-state index >= 15 is 0 Å². The fourth-order valence-electron chi connectivity index (χ4n) is 4.60. The van der Waals surface area contributed by atoms with Crippen LogP contribution in [0.25, 0.3) is 27.0 Å². The molecule has 11 nitrogen and oxygen atoms in total. The van der Waals surface area contributed by atoms with Crippen molar-refractivity contribution in [2.45, 2.75) is 38.6 Å². The van der Waals surface area contributed by atoms with Gasteiger partial charge in [-0.1, -0.05) is 20.8 Å². The van der Waals surface area contributed by atoms with Gasteiger partial charge in [-0.25, -0.2) is 14.8 Å². The number of nitrogens with zero attached hydrogens (tertiary/aromatic N) is 7. The second kappa shape index (κ2) is 8.60. The van der Waals surface area contributed by atoms with Gasteiger partial charge in [0.2, 0.25) is 11.6 Å². The predicted octanol–water partition coefficient (Wildman–Crippen LogP) is 5.39. The molecule has 6 heterocycles. The Bertz CT molecular complexity index is 1660. The van der Waals surface area contributed by atoms with Gasteiger partial charge in [-0.05, 0) is 12.5 Å². The fourth-order valence-corrected chi connectivity index (χ4v) is 4.60. The molecule has 1 saturated heterocycles. The second-order valence-electron chi connectivity index (χ2n) is 10.2. The van der Waals surface area contributed by atoms with E-state index in [9.17, 15) is 0 Å². The molecule has 5 aromatic heterocycles. The number of hydrogen-bond donors (Lipinski definition) is 2. The minimum absolute atomic E-state index is 0.0660. The second-order valence-corrected chi connectivity index (χ2v) is 10.2. The topological polar surface area (TPSA) is 112 Å². The van der Waals surface area contributed by atoms with E-state index < -0.39 is 0 Å². The summed E-state index contributed by atoms with van der Waals surface area (Å²) < 4.78 is 15.7. The first kappa shape index (κ1) is 23.0. The highest BCUT2D eigenvalue weighted by atomic mass is 16.5. The van der Waals surface area contributed by atoms with Gasteiger partial charge < -0.3 is 24.3 Å². The molecular formula is C26H27N9O2. The van der Waals surface area contributed by atoms with Crippen molar-refractivity contribution < 1.29 is 9.47 Å². The molecule has 1 atom stereocenters. The van der Waals surface area contributed by atoms with Crippen LogP contribution in [0.5, 0.6) is 11.5 Å². The lowest BCUT2D eigenvalue weighted by Gasteiger charge is -2.22. The van der Waals surface area contributed by atoms with E-state index in [0.717, 1.165) is 30.1 Å². The van der Waals surface area contributed by atoms with Crippen molar-refractivity contribution in [1.29, 1.82) is 0 Å². The first-order chi connectivity index (χ1) is 17.8. The maximum Gasteiger partial charge on any atom is 0.213 e. The van der Waals surface area contributed by atoms with Crippen molar-refractivity contribution in [2.24, 2.45) is 7.05 Å². The molecule has 1 unspecified atom stereocenters. The van der Waals surface area contributed by atoms with Gasteiger partial charge in [-0.3, -0.25) is 4.68 Å². The Morgan fingerprint density at radius 1 is 1.19 bits per heavy atom. The Kier molecular flexibility index (Phi) is 5.35. The third-order valence-electron chi connectivity index (χ3n) is 6.55. The fraction of sp³-hybridized carbons (Fsp3) is 0.346. The first-order valence-corrected chi connectivity index (χ1v) is 12.1. The van der Waals surface area contributed by atoms with Crippen LogP contribution in [0.3, 0.4) is 0 Å². The van der Waals surface area contributed by atoms with Crippen molar-refractivity contribution in [3.63, 3.8) is 0 Å². The van der Waals surface area contributed by atoms with Crippen LogP contribution < -0.4 is 10.1 Å². The van der Waals surface area contributed by atoms with Gasteiger partial charge in [-0.15, -0.1) is 0 Å². The van der Waals surface area contributed by atoms with Gasteiger partial charge in [0.1, 0.15) is 17.1 Å². The first-order valence-electron chi connectivity index (χ1n) is 12.1. The lowest BCUT2D eigenvalue weighted by atomic mass is 9.91. The predicted molar refractivity (Wildman–Crippen MR) is 140 cm³/mol. The molecule has 0 aliphatic carbocycles. The molecule has 0 aromatic carbocycles. The highest BCUT2D eigenvalue weighted by Crippen LogP contribution is 2.33. The monoisotopic (exact) mass is 497 g/mol. The van der Waals surface area contributed by atoms with Crippen LogP contribution in [0.4, 0.5) is 17.5 Å². The Morgan fingerprint density at radius 3 is 2.76 bits per heavy atom. The zero-order valence-corrected chi connectivity index (χ0v) is 21.1. The van der Waals surface area contributed by atoms with Gasteiger partial charge >= 0.3 is 0 Å². The number of aromatic nitrogens is 7. The molecule has 0 saturated carbocycles. The summed E-state index contributed by atoms with van der Waals surface area (Å²) in [5.41, 5.74) is 3.62. The summed E-state index contributed by atoms with van der Waals surface area (Å²) in [4.78, 5) is 20.0. The van der Waals surface area contributed by atoms with E-state index in [4.69, 9.17) is 21.1 Å². The molecule has 11 heteroatoms. The number of nitrogens with one attached hydrogen (secondary N) is 2. The van der Waals surface area contributed by atoms with E-state index in [1.165, 1.54) is 0 Å². The van der Waals surface area contributed by atoms with Crippen molar-refractivity contribution in [1.82, 2.24) is 34.3 Å². The number of aryl methyl sites for hydroxylation is 1. The van der Waals surface area contributed by atoms with Gasteiger partial charge in [0, 0.05) is 48.5 Å². The number of H-pyrrole nitrogens is 1. The molecule has 0 bridgehead atoms. The van der Waals surface area contributed by atoms with Crippen LogP contribution in [0.15, 0.2) is 36.8 Å². The van der Waals surface area contributed by atoms with E-state index in [2.05, 4.69) is 61.6 Å². The zero-order chi connectivity index (χ0) is 25.7. The largest absolute Gasteiger partial charge is 0.454 e. The SMILES string of the molecule is [C-]#[N+]c1c[nH]c2ncc(Oc3cnc4nc(Nc5cc(C(C)(C)C)n(C6CCOC6)n5)n(C)c4c3)cc12. The number of aromatic amines is 1. The molecule has 0 spiro atoms. The van der Waals surface area contributed by atoms with Crippen LogP contribution in [0.1, 0.15) is 38.9 Å². The quantitative estimate of drug-likeness (QED) is 0.313. The van der Waals surface area contributed by atoms with Crippen LogP contribution >= 0.6 is 0 Å². The van der Waals surface area contributed by atoms with Crippen molar-refractivity contribution in [2.75, 3.05) is 18.5 Å². The highest BCUT2D eigenvalue weighted by molar-refractivity contribution is 5.91. The third kappa shape index (κ3) is 4.15. The van der Waals surface area contributed by atoms with Crippen LogP contribution in [-0.4, -0.2) is 47.5 Å². The summed E-state index contributed by atoms with van der Waals surface area (Å²) in [6, 6.07) is 6.00. The summed E-state index contributed by atoms with van der Waals surface area (Å²) in [6.45, 7) is 15.3. The summed E-state index contributed by atoms with van der Waals surface area (Å²) in [7, 11) is 1.92. The van der Waals surface area contributed by atoms with E-state index in [1.807, 2.05) is 17.7 Å². The number of rotatable bonds is 5. The van der Waals surface area contributed by atoms with Crippen molar-refractivity contribution >= 4 is 39.7 Å². The molecule has 37 heavy (non-hydrogen) atoms. The molecule has 188 valence electrons. The average Bonchev–Trinajstić information content (AvgIpc) is 3.65. The molecule has 0 radical (unpaired) electrons. The van der Waals surface area contributed by atoms with Gasteiger partial charge in [0.25, 0.3) is 0 Å². The number of hydrogen-bond acceptors (Lipinski definition) is 7. The van der Waals surface area contributed by atoms with Crippen molar-refractivity contribution in [3.05, 3.63) is 53.9 Å². The molecular weight excluding hydrogens is 470 g/mol. The normalized spacial score (nSPS) is 15.9. The molecule has 0 amide bonds. The molecule has 6 rings (SSSR count). The summed E-state index contributed by atoms with van der Waals surface area (Å²) in [5.74, 6) is 2.43. The van der Waals surface area contributed by atoms with Crippen LogP contribution in [0, 0.1) is 6.57 Å². The number of ether oxygens (including phenoxy) is 2. The summed E-state index contributed by atoms with van der Waals surface area (Å²) >= 11 is 0. The maximum atomic E-state index is 7.32. The van der Waals surface area contributed by atoms with E-state index in [1.54, 1.807) is 24.7 Å². The molecule has 1 aliphatic heterocycles. The van der Waals surface area contributed by atoms with Gasteiger partial charge in [-0.2, -0.15) is 10.1 Å². The Morgan fingerprint density at radius 2 is 2.00 bits per heavy atom. The minimum atomic E-state index is -0.0660. The molecule has 1 fully saturated rings. The number of fused-ring (bicyclic) bond motifs is 2. The van der Waals surface area contributed by atoms with Crippen LogP contribution in [-0.2, 0) is 17.2 Å². The Balaban J connectivity index is 1.29. The minimum Gasteiger partial charge on any atom is -0.454 e. The van der Waals surface area contributed by atoms with Gasteiger partial charge in [0.15, 0.2) is 11.5 Å². The molecule has 5 aromatic rings. The zero-order valence-electron chi connectivity index (χ0n) is 21.1. The highest BCUT2D eigenvalue weighted by Gasteiger charge is 2.28. The maximum absolute atomic E-state index is 7.32. The third-order valence-corrected chi connectivity index (χ3v) is 6.55. The summed E-state index contributed by atoms with van der Waals surface area (Å²) in [5, 5.41) is 8.96.